The molecule has 3 rings (SSSR count). The van der Waals surface area contributed by atoms with Crippen LogP contribution in [0.2, 0.25) is 0 Å². The van der Waals surface area contributed by atoms with Gasteiger partial charge in [-0.15, -0.1) is 0 Å². The summed E-state index contributed by atoms with van der Waals surface area (Å²) in [6.07, 6.45) is 1.65. The lowest BCUT2D eigenvalue weighted by atomic mass is 10.1. The van der Waals surface area contributed by atoms with Gasteiger partial charge in [0, 0.05) is 37.1 Å². The van der Waals surface area contributed by atoms with Crippen LogP contribution in [0.5, 0.6) is 0 Å². The van der Waals surface area contributed by atoms with Gasteiger partial charge in [0.25, 0.3) is 0 Å². The first kappa shape index (κ1) is 19.5. The van der Waals surface area contributed by atoms with Gasteiger partial charge in [-0.2, -0.15) is 0 Å². The quantitative estimate of drug-likeness (QED) is 0.695. The Morgan fingerprint density at radius 2 is 1.67 bits per heavy atom. The molecule has 2 aromatic carbocycles. The first-order chi connectivity index (χ1) is 12.9. The van der Waals surface area contributed by atoms with Crippen molar-refractivity contribution in [2.45, 2.75) is 37.2 Å². The van der Waals surface area contributed by atoms with Gasteiger partial charge in [-0.05, 0) is 24.3 Å². The van der Waals surface area contributed by atoms with Gasteiger partial charge in [0.2, 0.25) is 15.9 Å². The number of hydrogen-bond acceptors (Lipinski definition) is 3. The second-order valence-electron chi connectivity index (χ2n) is 7.01. The number of carbonyl (C=O) groups is 1. The van der Waals surface area contributed by atoms with Gasteiger partial charge in [-0.1, -0.05) is 30.3 Å². The van der Waals surface area contributed by atoms with E-state index in [9.17, 15) is 13.2 Å². The molecular weight excluding hydrogens is 362 g/mol. The van der Waals surface area contributed by atoms with E-state index >= 15 is 0 Å². The number of anilines is 1. The molecule has 7 heteroatoms. The van der Waals surface area contributed by atoms with Gasteiger partial charge in [-0.3, -0.25) is 4.79 Å². The van der Waals surface area contributed by atoms with Crippen molar-refractivity contribution < 1.29 is 18.1 Å². The van der Waals surface area contributed by atoms with E-state index in [1.54, 1.807) is 12.1 Å². The van der Waals surface area contributed by atoms with E-state index in [1.165, 1.54) is 29.5 Å². The van der Waals surface area contributed by atoms with Crippen LogP contribution in [0.25, 0.3) is 0 Å². The topological polar surface area (TPSA) is 79.7 Å². The third kappa shape index (κ3) is 5.63. The molecule has 1 aliphatic rings. The number of carbonyl (C=O) groups excluding carboxylic acids is 1. The summed E-state index contributed by atoms with van der Waals surface area (Å²) in [5, 5.41) is 2.63. The van der Waals surface area contributed by atoms with Crippen molar-refractivity contribution in [1.29, 1.82) is 0 Å². The highest BCUT2D eigenvalue weighted by Gasteiger charge is 2.26. The van der Waals surface area contributed by atoms with E-state index in [4.69, 9.17) is 0 Å². The molecule has 1 heterocycles. The Kier molecular flexibility index (Phi) is 6.26. The molecule has 1 fully saturated rings. The van der Waals surface area contributed by atoms with Crippen LogP contribution in [-0.4, -0.2) is 33.5 Å². The lowest BCUT2D eigenvalue weighted by Crippen LogP contribution is -3.12. The highest BCUT2D eigenvalue weighted by Crippen LogP contribution is 2.15. The fraction of sp³-hybridized carbons (Fsp3) is 0.350. The van der Waals surface area contributed by atoms with Crippen LogP contribution in [0.15, 0.2) is 59.5 Å². The van der Waals surface area contributed by atoms with Crippen molar-refractivity contribution in [3.8, 4) is 0 Å². The van der Waals surface area contributed by atoms with Crippen LogP contribution in [0.3, 0.4) is 0 Å². The molecule has 2 aromatic rings. The number of rotatable bonds is 6. The predicted octanol–water partition coefficient (Wildman–Crippen LogP) is 1.17. The second kappa shape index (κ2) is 8.65. The Hall–Kier alpha value is -2.22. The average molecular weight is 389 g/mol. The molecule has 0 spiro atoms. The standard InChI is InChI=1S/C20H25N3O3S/c1-16(24)21-18-7-9-20(10-8-18)27(25,26)22-19-11-13-23(14-12-19)15-17-5-3-2-4-6-17/h2-10,19,22H,11-15H2,1H3,(H,21,24)/p+1. The molecule has 144 valence electrons. The highest BCUT2D eigenvalue weighted by molar-refractivity contribution is 7.89. The van der Waals surface area contributed by atoms with E-state index in [-0.39, 0.29) is 16.8 Å². The zero-order valence-electron chi connectivity index (χ0n) is 15.4. The van der Waals surface area contributed by atoms with Crippen LogP contribution in [-0.2, 0) is 21.4 Å². The van der Waals surface area contributed by atoms with E-state index in [2.05, 4.69) is 22.2 Å². The molecule has 0 saturated carbocycles. The van der Waals surface area contributed by atoms with E-state index in [0.717, 1.165) is 32.5 Å². The first-order valence-corrected chi connectivity index (χ1v) is 10.7. The number of nitrogens with one attached hydrogen (secondary N) is 3. The van der Waals surface area contributed by atoms with Gasteiger partial charge in [0.15, 0.2) is 0 Å². The lowest BCUT2D eigenvalue weighted by molar-refractivity contribution is -0.918. The molecular formula is C20H26N3O3S+. The van der Waals surface area contributed by atoms with Crippen molar-refractivity contribution >= 4 is 21.6 Å². The maximum Gasteiger partial charge on any atom is 0.240 e. The molecule has 0 radical (unpaired) electrons. The van der Waals surface area contributed by atoms with Crippen LogP contribution < -0.4 is 14.9 Å². The SMILES string of the molecule is CC(=O)Nc1ccc(S(=O)(=O)NC2CC[NH+](Cc3ccccc3)CC2)cc1. The van der Waals surface area contributed by atoms with Crippen LogP contribution in [0.1, 0.15) is 25.3 Å². The third-order valence-corrected chi connectivity index (χ3v) is 6.33. The fourth-order valence-corrected chi connectivity index (χ4v) is 4.72. The number of benzene rings is 2. The summed E-state index contributed by atoms with van der Waals surface area (Å²) in [6, 6.07) is 16.6. The van der Waals surface area contributed by atoms with Crippen LogP contribution >= 0.6 is 0 Å². The molecule has 0 unspecified atom stereocenters. The van der Waals surface area contributed by atoms with Gasteiger partial charge in [0.05, 0.1) is 18.0 Å². The smallest absolute Gasteiger partial charge is 0.240 e. The number of piperidine rings is 1. The molecule has 0 aromatic heterocycles. The molecule has 0 atom stereocenters. The number of sulfonamides is 1. The van der Waals surface area contributed by atoms with Crippen molar-refractivity contribution in [3.63, 3.8) is 0 Å². The minimum Gasteiger partial charge on any atom is -0.331 e. The van der Waals surface area contributed by atoms with Gasteiger partial charge < -0.3 is 10.2 Å². The maximum atomic E-state index is 12.6. The van der Waals surface area contributed by atoms with Gasteiger partial charge in [0.1, 0.15) is 6.54 Å². The summed E-state index contributed by atoms with van der Waals surface area (Å²) in [4.78, 5) is 12.8. The molecule has 0 bridgehead atoms. The molecule has 0 aliphatic carbocycles. The fourth-order valence-electron chi connectivity index (χ4n) is 3.41. The Morgan fingerprint density at radius 1 is 1.04 bits per heavy atom. The summed E-state index contributed by atoms with van der Waals surface area (Å²) in [5.74, 6) is -0.187. The molecule has 1 saturated heterocycles. The van der Waals surface area contributed by atoms with Crippen molar-refractivity contribution in [2.75, 3.05) is 18.4 Å². The first-order valence-electron chi connectivity index (χ1n) is 9.20. The minimum atomic E-state index is -3.55. The molecule has 1 aliphatic heterocycles. The average Bonchev–Trinajstić information content (AvgIpc) is 2.64. The van der Waals surface area contributed by atoms with Crippen LogP contribution in [0.4, 0.5) is 5.69 Å². The number of likely N-dealkylation sites (tertiary alicyclic amines) is 1. The lowest BCUT2D eigenvalue weighted by Gasteiger charge is -2.29. The molecule has 3 N–H and O–H groups in total. The van der Waals surface area contributed by atoms with Gasteiger partial charge in [-0.25, -0.2) is 13.1 Å². The Bertz CT molecular complexity index is 859. The predicted molar refractivity (Wildman–Crippen MR) is 105 cm³/mol. The van der Waals surface area contributed by atoms with Crippen molar-refractivity contribution in [2.24, 2.45) is 0 Å². The third-order valence-electron chi connectivity index (χ3n) is 4.80. The minimum absolute atomic E-state index is 0.0375. The van der Waals surface area contributed by atoms with Crippen molar-refractivity contribution in [1.82, 2.24) is 4.72 Å². The van der Waals surface area contributed by atoms with Crippen LogP contribution in [0, 0.1) is 0 Å². The second-order valence-corrected chi connectivity index (χ2v) is 8.73. The normalized spacial score (nSPS) is 20.2. The Morgan fingerprint density at radius 3 is 2.26 bits per heavy atom. The summed E-state index contributed by atoms with van der Waals surface area (Å²) in [7, 11) is -3.55. The molecule has 1 amide bonds. The molecule has 27 heavy (non-hydrogen) atoms. The number of quaternary nitrogens is 1. The maximum absolute atomic E-state index is 12.6. The largest absolute Gasteiger partial charge is 0.331 e. The number of amides is 1. The van der Waals surface area contributed by atoms with E-state index in [1.807, 2.05) is 18.2 Å². The van der Waals surface area contributed by atoms with E-state index in [0.29, 0.717) is 5.69 Å². The highest BCUT2D eigenvalue weighted by atomic mass is 32.2. The van der Waals surface area contributed by atoms with E-state index < -0.39 is 10.0 Å². The zero-order chi connectivity index (χ0) is 19.3. The zero-order valence-corrected chi connectivity index (χ0v) is 16.3. The number of hydrogen-bond donors (Lipinski definition) is 3. The summed E-state index contributed by atoms with van der Waals surface area (Å²) in [6.45, 7) is 4.29. The summed E-state index contributed by atoms with van der Waals surface area (Å²) < 4.78 is 28.0. The Balaban J connectivity index is 1.53. The van der Waals surface area contributed by atoms with Crippen molar-refractivity contribution in [3.05, 3.63) is 60.2 Å². The summed E-state index contributed by atoms with van der Waals surface area (Å²) >= 11 is 0. The summed E-state index contributed by atoms with van der Waals surface area (Å²) in [5.41, 5.74) is 1.89. The molecule has 6 nitrogen and oxygen atoms in total. The Labute approximate surface area is 160 Å². The van der Waals surface area contributed by atoms with Gasteiger partial charge >= 0.3 is 0 Å². The monoisotopic (exact) mass is 388 g/mol.